The molecule has 0 amide bonds. The number of rotatable bonds is 4. The van der Waals surface area contributed by atoms with Crippen LogP contribution in [0.2, 0.25) is 0 Å². The zero-order valence-electron chi connectivity index (χ0n) is 16.3. The van der Waals surface area contributed by atoms with Crippen LogP contribution < -0.4 is 0 Å². The lowest BCUT2D eigenvalue weighted by Gasteiger charge is -2.45. The normalized spacial score (nSPS) is 22.6. The molecule has 1 rings (SSSR count). The van der Waals surface area contributed by atoms with E-state index in [-0.39, 0.29) is 10.6 Å². The Kier molecular flexibility index (Phi) is 6.00. The van der Waals surface area contributed by atoms with Crippen molar-refractivity contribution in [2.24, 2.45) is 5.41 Å². The molecule has 0 aromatic carbocycles. The lowest BCUT2D eigenvalue weighted by atomic mass is 9.99. The zero-order chi connectivity index (χ0) is 17.4. The maximum atomic E-state index is 13.7. The molecule has 1 aliphatic rings. The van der Waals surface area contributed by atoms with Crippen molar-refractivity contribution in [1.82, 2.24) is 4.67 Å². The second-order valence-corrected chi connectivity index (χ2v) is 13.0. The van der Waals surface area contributed by atoms with E-state index in [0.29, 0.717) is 12.6 Å². The lowest BCUT2D eigenvalue weighted by molar-refractivity contribution is -0.897. The first-order valence-corrected chi connectivity index (χ1v) is 10.1. The van der Waals surface area contributed by atoms with Crippen molar-refractivity contribution in [3.63, 3.8) is 0 Å². The maximum Gasteiger partial charge on any atom is 0.277 e. The van der Waals surface area contributed by atoms with Crippen LogP contribution in [0.25, 0.3) is 0 Å². The molecule has 0 radical (unpaired) electrons. The van der Waals surface area contributed by atoms with Gasteiger partial charge in [-0.05, 0) is 26.2 Å². The number of nitrogens with zero attached hydrogens (tertiary/aromatic N) is 2. The van der Waals surface area contributed by atoms with Crippen LogP contribution in [0.1, 0.15) is 54.4 Å². The molecule has 1 heterocycles. The monoisotopic (exact) mass is 333 g/mol. The number of hydrogen-bond donors (Lipinski definition) is 0. The first kappa shape index (κ1) is 20.2. The first-order valence-electron chi connectivity index (χ1n) is 8.48. The molecule has 1 unspecified atom stereocenters. The molecule has 0 aromatic heterocycles. The topological polar surface area (TPSA) is 29.5 Å². The molecule has 0 saturated carbocycles. The van der Waals surface area contributed by atoms with E-state index >= 15 is 0 Å². The SMILES string of the molecule is CC(C)(C)COP(=O)(N1CCC([N+](C)(C)C)CC1)C(C)(C)C. The molecule has 4 nitrogen and oxygen atoms in total. The van der Waals surface area contributed by atoms with E-state index in [1.807, 2.05) is 20.8 Å². The fourth-order valence-corrected chi connectivity index (χ4v) is 5.59. The molecule has 0 N–H and O–H groups in total. The minimum absolute atomic E-state index is 0.0293. The van der Waals surface area contributed by atoms with Crippen molar-refractivity contribution in [2.45, 2.75) is 65.6 Å². The first-order chi connectivity index (χ1) is 9.67. The van der Waals surface area contributed by atoms with Crippen molar-refractivity contribution in [3.8, 4) is 0 Å². The Morgan fingerprint density at radius 1 is 1.05 bits per heavy atom. The largest absolute Gasteiger partial charge is 0.328 e. The van der Waals surface area contributed by atoms with Gasteiger partial charge in [0.15, 0.2) is 0 Å². The van der Waals surface area contributed by atoms with Gasteiger partial charge >= 0.3 is 0 Å². The molecule has 5 heteroatoms. The third kappa shape index (κ3) is 5.06. The second-order valence-electron chi connectivity index (χ2n) is 9.83. The van der Waals surface area contributed by atoms with Crippen molar-refractivity contribution < 1.29 is 13.6 Å². The summed E-state index contributed by atoms with van der Waals surface area (Å²) in [6, 6.07) is 0.646. The Hall–Kier alpha value is 0.110. The van der Waals surface area contributed by atoms with Crippen LogP contribution in [0, 0.1) is 5.41 Å². The van der Waals surface area contributed by atoms with Gasteiger partial charge in [-0.1, -0.05) is 20.8 Å². The summed E-state index contributed by atoms with van der Waals surface area (Å²) in [5.74, 6) is 0. The predicted octanol–water partition coefficient (Wildman–Crippen LogP) is 4.21. The minimum Gasteiger partial charge on any atom is -0.328 e. The molecular weight excluding hydrogens is 295 g/mol. The average Bonchev–Trinajstić information content (AvgIpc) is 2.32. The molecule has 0 aliphatic carbocycles. The van der Waals surface area contributed by atoms with Crippen LogP contribution in [0.4, 0.5) is 0 Å². The predicted molar refractivity (Wildman–Crippen MR) is 95.4 cm³/mol. The highest BCUT2D eigenvalue weighted by atomic mass is 31.2. The summed E-state index contributed by atoms with van der Waals surface area (Å²) in [5.41, 5.74) is 0.0293. The van der Waals surface area contributed by atoms with Crippen LogP contribution in [0.5, 0.6) is 0 Å². The zero-order valence-corrected chi connectivity index (χ0v) is 17.2. The van der Waals surface area contributed by atoms with E-state index in [1.165, 1.54) is 0 Å². The van der Waals surface area contributed by atoms with E-state index in [1.54, 1.807) is 0 Å². The van der Waals surface area contributed by atoms with Gasteiger partial charge in [0.05, 0.1) is 38.9 Å². The fraction of sp³-hybridized carbons (Fsp3) is 1.00. The van der Waals surface area contributed by atoms with Gasteiger partial charge in [0.25, 0.3) is 7.52 Å². The van der Waals surface area contributed by atoms with E-state index in [0.717, 1.165) is 30.4 Å². The van der Waals surface area contributed by atoms with E-state index < -0.39 is 7.52 Å². The quantitative estimate of drug-likeness (QED) is 0.570. The summed E-state index contributed by atoms with van der Waals surface area (Å²) in [5, 5.41) is -0.346. The van der Waals surface area contributed by atoms with Crippen molar-refractivity contribution in [3.05, 3.63) is 0 Å². The lowest BCUT2D eigenvalue weighted by Crippen LogP contribution is -2.51. The number of hydrogen-bond acceptors (Lipinski definition) is 2. The van der Waals surface area contributed by atoms with Gasteiger partial charge in [-0.3, -0.25) is 4.57 Å². The molecule has 1 fully saturated rings. The molecular formula is C17H38N2O2P+. The second kappa shape index (κ2) is 6.55. The van der Waals surface area contributed by atoms with Crippen LogP contribution in [-0.2, 0) is 9.09 Å². The van der Waals surface area contributed by atoms with Crippen LogP contribution in [0.3, 0.4) is 0 Å². The van der Waals surface area contributed by atoms with Crippen LogP contribution in [0.15, 0.2) is 0 Å². The third-order valence-electron chi connectivity index (χ3n) is 4.43. The summed E-state index contributed by atoms with van der Waals surface area (Å²) >= 11 is 0. The standard InChI is InChI=1S/C17H38N2O2P/c1-16(2,3)14-21-22(20,17(4,5)6)18-12-10-15(11-13-18)19(7,8)9/h15H,10-14H2,1-9H3/q+1. The molecule has 22 heavy (non-hydrogen) atoms. The van der Waals surface area contributed by atoms with Crippen molar-refractivity contribution >= 4 is 7.52 Å². The van der Waals surface area contributed by atoms with Gasteiger partial charge < -0.3 is 9.01 Å². The highest BCUT2D eigenvalue weighted by Crippen LogP contribution is 2.62. The van der Waals surface area contributed by atoms with E-state index in [4.69, 9.17) is 4.52 Å². The summed E-state index contributed by atoms with van der Waals surface area (Å²) in [4.78, 5) is 0. The molecule has 1 atom stereocenters. The molecule has 0 aromatic rings. The van der Waals surface area contributed by atoms with Gasteiger partial charge in [-0.2, -0.15) is 0 Å². The van der Waals surface area contributed by atoms with Gasteiger partial charge in [-0.15, -0.1) is 0 Å². The molecule has 1 aliphatic heterocycles. The maximum absolute atomic E-state index is 13.7. The summed E-state index contributed by atoms with van der Waals surface area (Å²) in [7, 11) is 3.92. The van der Waals surface area contributed by atoms with E-state index in [9.17, 15) is 4.57 Å². The highest BCUT2D eigenvalue weighted by molar-refractivity contribution is 7.58. The Labute approximate surface area is 138 Å². The average molecular weight is 333 g/mol. The Morgan fingerprint density at radius 2 is 1.50 bits per heavy atom. The molecule has 132 valence electrons. The van der Waals surface area contributed by atoms with Crippen molar-refractivity contribution in [2.75, 3.05) is 40.8 Å². The third-order valence-corrected chi connectivity index (χ3v) is 7.75. The minimum atomic E-state index is -2.83. The van der Waals surface area contributed by atoms with Crippen molar-refractivity contribution in [1.29, 1.82) is 0 Å². The molecule has 1 saturated heterocycles. The molecule has 0 bridgehead atoms. The summed E-state index contributed by atoms with van der Waals surface area (Å²) in [6.45, 7) is 14.8. The Bertz CT molecular complexity index is 408. The van der Waals surface area contributed by atoms with Gasteiger partial charge in [0, 0.05) is 25.9 Å². The Morgan fingerprint density at radius 3 is 1.82 bits per heavy atom. The van der Waals surface area contributed by atoms with Gasteiger partial charge in [-0.25, -0.2) is 4.67 Å². The molecule has 0 spiro atoms. The number of piperidine rings is 1. The fourth-order valence-electron chi connectivity index (χ4n) is 2.87. The Balaban J connectivity index is 2.85. The highest BCUT2D eigenvalue weighted by Gasteiger charge is 2.46. The smallest absolute Gasteiger partial charge is 0.277 e. The summed E-state index contributed by atoms with van der Waals surface area (Å²) < 4.78 is 22.9. The van der Waals surface area contributed by atoms with Gasteiger partial charge in [0.1, 0.15) is 0 Å². The number of quaternary nitrogens is 1. The summed E-state index contributed by atoms with van der Waals surface area (Å²) in [6.07, 6.45) is 2.17. The van der Waals surface area contributed by atoms with Crippen LogP contribution in [-0.4, -0.2) is 61.2 Å². The van der Waals surface area contributed by atoms with E-state index in [2.05, 4.69) is 46.6 Å². The van der Waals surface area contributed by atoms with Crippen LogP contribution >= 0.6 is 7.52 Å². The van der Waals surface area contributed by atoms with Gasteiger partial charge in [0.2, 0.25) is 0 Å².